The number of alkyl halides is 4. The minimum Gasteiger partial charge on any atom is -0.323 e. The van der Waals surface area contributed by atoms with Crippen molar-refractivity contribution in [3.63, 3.8) is 0 Å². The van der Waals surface area contributed by atoms with E-state index in [1.54, 1.807) is 0 Å². The first-order valence-electron chi connectivity index (χ1n) is 2.69. The van der Waals surface area contributed by atoms with Gasteiger partial charge < -0.3 is 4.57 Å². The summed E-state index contributed by atoms with van der Waals surface area (Å²) in [5.74, 6) is 0. The monoisotopic (exact) mass is 220 g/mol. The molecule has 0 aliphatic heterocycles. The van der Waals surface area contributed by atoms with Gasteiger partial charge in [-0.15, -0.1) is 24.0 Å². The summed E-state index contributed by atoms with van der Waals surface area (Å²) in [5, 5.41) is 0. The second kappa shape index (κ2) is 4.00. The maximum Gasteiger partial charge on any atom is 0.434 e. The zero-order chi connectivity index (χ0) is 8.48. The van der Waals surface area contributed by atoms with Crippen LogP contribution in [0.4, 0.5) is 13.2 Å². The van der Waals surface area contributed by atoms with Crippen LogP contribution < -0.4 is 0 Å². The molecule has 0 bridgehead atoms. The number of halogens is 5. The zero-order valence-electron chi connectivity index (χ0n) is 5.68. The Kier molecular flexibility index (Phi) is 3.86. The Labute approximate surface area is 77.8 Å². The molecule has 0 radical (unpaired) electrons. The van der Waals surface area contributed by atoms with Gasteiger partial charge in [0.15, 0.2) is 5.69 Å². The first kappa shape index (κ1) is 11.6. The minimum absolute atomic E-state index is 0. The fourth-order valence-electron chi connectivity index (χ4n) is 0.572. The predicted octanol–water partition coefficient (Wildman–Crippen LogP) is 2.52. The highest BCUT2D eigenvalue weighted by Crippen LogP contribution is 2.27. The van der Waals surface area contributed by atoms with Crippen molar-refractivity contribution in [1.29, 1.82) is 0 Å². The lowest BCUT2D eigenvalue weighted by Crippen LogP contribution is -2.04. The summed E-state index contributed by atoms with van der Waals surface area (Å²) in [5.41, 5.74) is -0.918. The molecule has 0 aromatic carbocycles. The van der Waals surface area contributed by atoms with E-state index in [2.05, 4.69) is 4.98 Å². The molecule has 1 aromatic heterocycles. The number of rotatable bonds is 1. The Hall–Kier alpha value is -0.420. The minimum atomic E-state index is -4.38. The molecule has 12 heavy (non-hydrogen) atoms. The normalized spacial score (nSPS) is 11.0. The third kappa shape index (κ3) is 2.57. The Morgan fingerprint density at radius 2 is 2.08 bits per heavy atom. The quantitative estimate of drug-likeness (QED) is 0.666. The summed E-state index contributed by atoms with van der Waals surface area (Å²) >= 11 is 5.25. The van der Waals surface area contributed by atoms with Crippen molar-refractivity contribution in [3.05, 3.63) is 18.2 Å². The molecular weight excluding hydrogens is 216 g/mol. The molecule has 1 rings (SSSR count). The van der Waals surface area contributed by atoms with Crippen LogP contribution >= 0.6 is 24.0 Å². The smallest absolute Gasteiger partial charge is 0.323 e. The van der Waals surface area contributed by atoms with Gasteiger partial charge in [-0.1, -0.05) is 0 Å². The number of aromatic nitrogens is 2. The van der Waals surface area contributed by atoms with E-state index in [0.29, 0.717) is 0 Å². The summed E-state index contributed by atoms with van der Waals surface area (Å²) in [6.45, 7) is 0. The van der Waals surface area contributed by atoms with Crippen molar-refractivity contribution in [3.8, 4) is 0 Å². The fourth-order valence-corrected chi connectivity index (χ4v) is 0.703. The molecule has 1 heterocycles. The Morgan fingerprint density at radius 1 is 1.50 bits per heavy atom. The van der Waals surface area contributed by atoms with E-state index < -0.39 is 11.9 Å². The average molecular weight is 221 g/mol. The van der Waals surface area contributed by atoms with Crippen LogP contribution in [0.15, 0.2) is 12.5 Å². The highest BCUT2D eigenvalue weighted by Gasteiger charge is 2.33. The molecule has 7 heteroatoms. The number of nitrogens with zero attached hydrogens (tertiary/aromatic N) is 2. The van der Waals surface area contributed by atoms with Gasteiger partial charge in [-0.05, 0) is 0 Å². The van der Waals surface area contributed by atoms with E-state index in [0.717, 1.165) is 17.1 Å². The summed E-state index contributed by atoms with van der Waals surface area (Å²) < 4.78 is 36.6. The molecule has 0 saturated heterocycles. The fraction of sp³-hybridized carbons (Fsp3) is 0.400. The maximum atomic E-state index is 11.8. The van der Waals surface area contributed by atoms with Gasteiger partial charge >= 0.3 is 6.18 Å². The molecular formula is C5H5Cl2F3N2. The summed E-state index contributed by atoms with van der Waals surface area (Å²) in [6.07, 6.45) is -2.49. The molecule has 0 aliphatic carbocycles. The molecule has 0 N–H and O–H groups in total. The Morgan fingerprint density at radius 3 is 2.33 bits per heavy atom. The van der Waals surface area contributed by atoms with E-state index in [1.165, 1.54) is 0 Å². The molecule has 0 spiro atoms. The number of imidazole rings is 1. The van der Waals surface area contributed by atoms with Crippen LogP contribution in [0.2, 0.25) is 0 Å². The molecule has 2 nitrogen and oxygen atoms in total. The van der Waals surface area contributed by atoms with Gasteiger partial charge in [-0.25, -0.2) is 4.98 Å². The van der Waals surface area contributed by atoms with Crippen molar-refractivity contribution < 1.29 is 13.2 Å². The van der Waals surface area contributed by atoms with Gasteiger partial charge in [0.2, 0.25) is 0 Å². The van der Waals surface area contributed by atoms with Crippen LogP contribution in [-0.4, -0.2) is 9.55 Å². The van der Waals surface area contributed by atoms with E-state index >= 15 is 0 Å². The van der Waals surface area contributed by atoms with Crippen LogP contribution in [0.5, 0.6) is 0 Å². The van der Waals surface area contributed by atoms with Crippen molar-refractivity contribution in [1.82, 2.24) is 9.55 Å². The third-order valence-electron chi connectivity index (χ3n) is 1.06. The third-order valence-corrected chi connectivity index (χ3v) is 1.34. The zero-order valence-corrected chi connectivity index (χ0v) is 7.25. The Balaban J connectivity index is 0.00000121. The van der Waals surface area contributed by atoms with Gasteiger partial charge in [-0.2, -0.15) is 13.2 Å². The molecule has 70 valence electrons. The van der Waals surface area contributed by atoms with Gasteiger partial charge in [0.05, 0.1) is 12.3 Å². The summed E-state index contributed by atoms with van der Waals surface area (Å²) in [6, 6.07) is -0.0247. The van der Waals surface area contributed by atoms with Gasteiger partial charge in [-0.3, -0.25) is 0 Å². The molecule has 1 aromatic rings. The van der Waals surface area contributed by atoms with E-state index in [4.69, 9.17) is 11.6 Å². The lowest BCUT2D eigenvalue weighted by molar-refractivity contribution is -0.140. The summed E-state index contributed by atoms with van der Waals surface area (Å²) in [4.78, 5) is 3.11. The van der Waals surface area contributed by atoms with Crippen LogP contribution in [0.25, 0.3) is 0 Å². The molecule has 0 atom stereocenters. The lowest BCUT2D eigenvalue weighted by Gasteiger charge is -1.99. The topological polar surface area (TPSA) is 17.8 Å². The molecule has 0 aliphatic rings. The average Bonchev–Trinajstić information content (AvgIpc) is 2.32. The predicted molar refractivity (Wildman–Crippen MR) is 40.3 cm³/mol. The van der Waals surface area contributed by atoms with Crippen LogP contribution in [-0.2, 0) is 12.2 Å². The Bertz CT molecular complexity index is 245. The first-order chi connectivity index (χ1) is 5.04. The number of hydrogen-bond acceptors (Lipinski definition) is 1. The highest BCUT2D eigenvalue weighted by atomic mass is 35.5. The lowest BCUT2D eigenvalue weighted by atomic mass is 10.5. The SMILES string of the molecule is Cl.FC(F)(F)c1cn(CCl)cn1. The maximum absolute atomic E-state index is 11.8. The molecule has 0 fully saturated rings. The van der Waals surface area contributed by atoms with Gasteiger partial charge in [0.25, 0.3) is 0 Å². The van der Waals surface area contributed by atoms with Crippen LogP contribution in [0, 0.1) is 0 Å². The molecule has 0 amide bonds. The van der Waals surface area contributed by atoms with Gasteiger partial charge in [0.1, 0.15) is 0 Å². The van der Waals surface area contributed by atoms with Crippen molar-refractivity contribution >= 4 is 24.0 Å². The summed E-state index contributed by atoms with van der Waals surface area (Å²) in [7, 11) is 0. The molecule has 0 unspecified atom stereocenters. The van der Waals surface area contributed by atoms with Crippen molar-refractivity contribution in [2.75, 3.05) is 0 Å². The standard InChI is InChI=1S/C5H4ClF3N2.ClH/c6-2-11-1-4(10-3-11)5(7,8)9;/h1,3H,2H2;1H. The largest absolute Gasteiger partial charge is 0.434 e. The first-order valence-corrected chi connectivity index (χ1v) is 3.22. The van der Waals surface area contributed by atoms with Crippen molar-refractivity contribution in [2.24, 2.45) is 0 Å². The van der Waals surface area contributed by atoms with E-state index in [-0.39, 0.29) is 18.4 Å². The van der Waals surface area contributed by atoms with Crippen LogP contribution in [0.3, 0.4) is 0 Å². The highest BCUT2D eigenvalue weighted by molar-refractivity contribution is 6.15. The molecule has 0 saturated carbocycles. The van der Waals surface area contributed by atoms with E-state index in [1.807, 2.05) is 0 Å². The van der Waals surface area contributed by atoms with Gasteiger partial charge in [0, 0.05) is 6.20 Å². The second-order valence-electron chi connectivity index (χ2n) is 1.89. The van der Waals surface area contributed by atoms with Crippen molar-refractivity contribution in [2.45, 2.75) is 12.2 Å². The van der Waals surface area contributed by atoms with Crippen LogP contribution in [0.1, 0.15) is 5.69 Å². The second-order valence-corrected chi connectivity index (χ2v) is 2.13. The number of hydrogen-bond donors (Lipinski definition) is 0. The van der Waals surface area contributed by atoms with E-state index in [9.17, 15) is 13.2 Å².